The highest BCUT2D eigenvalue weighted by Gasteiger charge is 2.36. The van der Waals surface area contributed by atoms with Crippen LogP contribution in [0, 0.1) is 5.92 Å². The fraction of sp³-hybridized carbons (Fsp3) is 0.571. The van der Waals surface area contributed by atoms with Crippen molar-refractivity contribution in [3.05, 3.63) is 42.0 Å². The van der Waals surface area contributed by atoms with Crippen LogP contribution in [0.3, 0.4) is 0 Å². The molecule has 2 N–H and O–H groups in total. The van der Waals surface area contributed by atoms with Gasteiger partial charge in [-0.3, -0.25) is 0 Å². The Kier molecular flexibility index (Phi) is 5.79. The summed E-state index contributed by atoms with van der Waals surface area (Å²) in [7, 11) is 0. The van der Waals surface area contributed by atoms with E-state index in [4.69, 9.17) is 4.74 Å². The summed E-state index contributed by atoms with van der Waals surface area (Å²) in [6, 6.07) is 6.29. The van der Waals surface area contributed by atoms with Crippen molar-refractivity contribution in [2.24, 2.45) is 5.92 Å². The predicted molar refractivity (Wildman–Crippen MR) is 102 cm³/mol. The van der Waals surface area contributed by atoms with Crippen LogP contribution >= 0.6 is 0 Å². The van der Waals surface area contributed by atoms with Crippen LogP contribution in [-0.2, 0) is 11.2 Å². The molecule has 1 saturated heterocycles. The van der Waals surface area contributed by atoms with E-state index in [9.17, 15) is 4.79 Å². The number of hydrogen-bond acceptors (Lipinski definition) is 2. The van der Waals surface area contributed by atoms with Crippen molar-refractivity contribution in [2.75, 3.05) is 11.9 Å². The number of carbonyl (C=O) groups excluding carboxylic acids is 1. The maximum atomic E-state index is 12.6. The second-order valence-corrected chi connectivity index (χ2v) is 7.60. The largest absolute Gasteiger partial charge is 0.378 e. The molecule has 1 heterocycles. The molecule has 1 aliphatic heterocycles. The molecule has 1 aromatic rings. The predicted octanol–water partition coefficient (Wildman–Crippen LogP) is 4.62. The molecule has 0 radical (unpaired) electrons. The highest BCUT2D eigenvalue weighted by Crippen LogP contribution is 2.38. The third-order valence-corrected chi connectivity index (χ3v) is 5.21. The number of benzene rings is 1. The zero-order chi connectivity index (χ0) is 17.8. The van der Waals surface area contributed by atoms with Gasteiger partial charge < -0.3 is 15.4 Å². The quantitative estimate of drug-likeness (QED) is 0.741. The van der Waals surface area contributed by atoms with E-state index in [1.807, 2.05) is 6.08 Å². The number of hydrogen-bond donors (Lipinski definition) is 2. The average molecular weight is 342 g/mol. The molecule has 1 aliphatic carbocycles. The number of carbonyl (C=O) groups is 1. The van der Waals surface area contributed by atoms with Gasteiger partial charge in [0.2, 0.25) is 0 Å². The molecular weight excluding hydrogens is 312 g/mol. The SMILES string of the molecule is C=CCc1cccc(C(C)C)c1NC(=O)N[C@H]1CCO[C@H](C2CC2)C1. The lowest BCUT2D eigenvalue weighted by Gasteiger charge is -2.30. The Balaban J connectivity index is 1.66. The minimum Gasteiger partial charge on any atom is -0.378 e. The molecule has 2 atom stereocenters. The van der Waals surface area contributed by atoms with E-state index in [-0.39, 0.29) is 12.1 Å². The first kappa shape index (κ1) is 18.0. The summed E-state index contributed by atoms with van der Waals surface area (Å²) >= 11 is 0. The number of anilines is 1. The molecule has 0 bridgehead atoms. The van der Waals surface area contributed by atoms with E-state index in [2.05, 4.69) is 49.3 Å². The second kappa shape index (κ2) is 8.05. The van der Waals surface area contributed by atoms with Crippen molar-refractivity contribution >= 4 is 11.7 Å². The number of ether oxygens (including phenoxy) is 1. The molecule has 0 aromatic heterocycles. The van der Waals surface area contributed by atoms with Crippen LogP contribution in [0.15, 0.2) is 30.9 Å². The molecule has 2 amide bonds. The van der Waals surface area contributed by atoms with Crippen LogP contribution in [0.5, 0.6) is 0 Å². The molecule has 3 rings (SSSR count). The molecule has 4 nitrogen and oxygen atoms in total. The Hall–Kier alpha value is -1.81. The van der Waals surface area contributed by atoms with Gasteiger partial charge in [0.25, 0.3) is 0 Å². The molecule has 0 spiro atoms. The summed E-state index contributed by atoms with van der Waals surface area (Å²) in [6.07, 6.45) is 7.33. The Morgan fingerprint density at radius 3 is 2.84 bits per heavy atom. The smallest absolute Gasteiger partial charge is 0.319 e. The van der Waals surface area contributed by atoms with Crippen LogP contribution in [0.25, 0.3) is 0 Å². The number of para-hydroxylation sites is 1. The van der Waals surface area contributed by atoms with Crippen LogP contribution in [0.1, 0.15) is 56.6 Å². The highest BCUT2D eigenvalue weighted by atomic mass is 16.5. The Bertz CT molecular complexity index is 622. The number of urea groups is 1. The first-order chi connectivity index (χ1) is 12.1. The van der Waals surface area contributed by atoms with Crippen molar-refractivity contribution in [1.82, 2.24) is 5.32 Å². The minimum absolute atomic E-state index is 0.111. The highest BCUT2D eigenvalue weighted by molar-refractivity contribution is 5.91. The van der Waals surface area contributed by atoms with Gasteiger partial charge in [-0.1, -0.05) is 38.1 Å². The summed E-state index contributed by atoms with van der Waals surface area (Å²) in [5.74, 6) is 1.07. The second-order valence-electron chi connectivity index (χ2n) is 7.60. The van der Waals surface area contributed by atoms with Gasteiger partial charge in [0, 0.05) is 18.3 Å². The summed E-state index contributed by atoms with van der Waals surface area (Å²) in [6.45, 7) is 8.87. The van der Waals surface area contributed by atoms with E-state index >= 15 is 0 Å². The van der Waals surface area contributed by atoms with Crippen molar-refractivity contribution in [1.29, 1.82) is 0 Å². The average Bonchev–Trinajstić information content (AvgIpc) is 3.41. The van der Waals surface area contributed by atoms with E-state index < -0.39 is 0 Å². The molecular formula is C21H30N2O2. The molecule has 1 aromatic carbocycles. The van der Waals surface area contributed by atoms with Gasteiger partial charge in [0.1, 0.15) is 0 Å². The molecule has 2 fully saturated rings. The number of amides is 2. The van der Waals surface area contributed by atoms with E-state index in [1.54, 1.807) is 0 Å². The fourth-order valence-electron chi connectivity index (χ4n) is 3.67. The van der Waals surface area contributed by atoms with Crippen LogP contribution in [0.2, 0.25) is 0 Å². The van der Waals surface area contributed by atoms with Crippen LogP contribution in [0.4, 0.5) is 10.5 Å². The fourth-order valence-corrected chi connectivity index (χ4v) is 3.67. The molecule has 1 saturated carbocycles. The first-order valence-electron chi connectivity index (χ1n) is 9.50. The van der Waals surface area contributed by atoms with Gasteiger partial charge in [0.05, 0.1) is 6.10 Å². The van der Waals surface area contributed by atoms with Gasteiger partial charge in [0.15, 0.2) is 0 Å². The third kappa shape index (κ3) is 4.63. The third-order valence-electron chi connectivity index (χ3n) is 5.21. The maximum absolute atomic E-state index is 12.6. The first-order valence-corrected chi connectivity index (χ1v) is 9.50. The van der Waals surface area contributed by atoms with Crippen LogP contribution < -0.4 is 10.6 Å². The summed E-state index contributed by atoms with van der Waals surface area (Å²) in [5.41, 5.74) is 3.21. The molecule has 4 heteroatoms. The molecule has 2 aliphatic rings. The van der Waals surface area contributed by atoms with Gasteiger partial charge in [-0.25, -0.2) is 4.79 Å². The van der Waals surface area contributed by atoms with E-state index in [0.29, 0.717) is 17.9 Å². The zero-order valence-corrected chi connectivity index (χ0v) is 15.4. The minimum atomic E-state index is -0.111. The van der Waals surface area contributed by atoms with Gasteiger partial charge in [-0.05, 0) is 55.1 Å². The lowest BCUT2D eigenvalue weighted by molar-refractivity contribution is -0.00889. The van der Waals surface area contributed by atoms with Gasteiger partial charge in [-0.15, -0.1) is 6.58 Å². The van der Waals surface area contributed by atoms with Crippen molar-refractivity contribution in [3.8, 4) is 0 Å². The molecule has 136 valence electrons. The monoisotopic (exact) mass is 342 g/mol. The Labute approximate surface area is 151 Å². The summed E-state index contributed by atoms with van der Waals surface area (Å²) in [5, 5.41) is 6.27. The summed E-state index contributed by atoms with van der Waals surface area (Å²) < 4.78 is 5.85. The Morgan fingerprint density at radius 1 is 1.36 bits per heavy atom. The normalized spacial score (nSPS) is 23.3. The van der Waals surface area contributed by atoms with E-state index in [0.717, 1.165) is 42.7 Å². The standard InChI is InChI=1S/C21H30N2O2/c1-4-6-16-7-5-8-18(14(2)3)20(16)23-21(24)22-17-11-12-25-19(13-17)15-9-10-15/h4-5,7-8,14-15,17,19H,1,6,9-13H2,2-3H3,(H2,22,23,24)/t17-,19-/m0/s1. The van der Waals surface area contributed by atoms with E-state index in [1.165, 1.54) is 12.8 Å². The number of rotatable bonds is 6. The maximum Gasteiger partial charge on any atom is 0.319 e. The Morgan fingerprint density at radius 2 is 2.16 bits per heavy atom. The number of nitrogens with one attached hydrogen (secondary N) is 2. The summed E-state index contributed by atoms with van der Waals surface area (Å²) in [4.78, 5) is 12.6. The number of allylic oxidation sites excluding steroid dienone is 1. The van der Waals surface area contributed by atoms with Gasteiger partial charge >= 0.3 is 6.03 Å². The van der Waals surface area contributed by atoms with Gasteiger partial charge in [-0.2, -0.15) is 0 Å². The lowest BCUT2D eigenvalue weighted by Crippen LogP contribution is -2.44. The van der Waals surface area contributed by atoms with Crippen molar-refractivity contribution in [2.45, 2.75) is 64.0 Å². The van der Waals surface area contributed by atoms with Crippen molar-refractivity contribution in [3.63, 3.8) is 0 Å². The molecule has 0 unspecified atom stereocenters. The van der Waals surface area contributed by atoms with Crippen LogP contribution in [-0.4, -0.2) is 24.8 Å². The zero-order valence-electron chi connectivity index (χ0n) is 15.4. The lowest BCUT2D eigenvalue weighted by atomic mass is 9.96. The van der Waals surface area contributed by atoms with Crippen molar-refractivity contribution < 1.29 is 9.53 Å². The molecule has 25 heavy (non-hydrogen) atoms. The topological polar surface area (TPSA) is 50.4 Å².